The van der Waals surface area contributed by atoms with Gasteiger partial charge in [0.2, 0.25) is 5.91 Å². The maximum Gasteiger partial charge on any atom is 0.226 e. The lowest BCUT2D eigenvalue weighted by Gasteiger charge is -2.42. The summed E-state index contributed by atoms with van der Waals surface area (Å²) in [5.41, 5.74) is 2.01. The average molecular weight is 381 g/mol. The molecular formula is C23H32N4O. The number of piperidine rings is 2. The van der Waals surface area contributed by atoms with Crippen molar-refractivity contribution in [2.45, 2.75) is 51.1 Å². The summed E-state index contributed by atoms with van der Waals surface area (Å²) in [7, 11) is 0. The normalized spacial score (nSPS) is 25.0. The van der Waals surface area contributed by atoms with Gasteiger partial charge in [0.1, 0.15) is 0 Å². The highest BCUT2D eigenvalue weighted by Gasteiger charge is 2.34. The highest BCUT2D eigenvalue weighted by atomic mass is 16.2. The first-order chi connectivity index (χ1) is 13.7. The minimum Gasteiger partial charge on any atom is -0.342 e. The Morgan fingerprint density at radius 2 is 1.68 bits per heavy atom. The van der Waals surface area contributed by atoms with Crippen LogP contribution in [-0.2, 0) is 11.3 Å². The number of likely N-dealkylation sites (tertiary alicyclic amines) is 3. The van der Waals surface area contributed by atoms with Crippen LogP contribution in [0.1, 0.15) is 49.7 Å². The van der Waals surface area contributed by atoms with Gasteiger partial charge in [-0.05, 0) is 75.9 Å². The van der Waals surface area contributed by atoms with E-state index in [4.69, 9.17) is 5.26 Å². The van der Waals surface area contributed by atoms with Gasteiger partial charge >= 0.3 is 0 Å². The summed E-state index contributed by atoms with van der Waals surface area (Å²) in [5, 5.41) is 8.93. The van der Waals surface area contributed by atoms with Crippen molar-refractivity contribution in [1.29, 1.82) is 5.26 Å². The summed E-state index contributed by atoms with van der Waals surface area (Å²) < 4.78 is 0. The Labute approximate surface area is 168 Å². The molecule has 1 aromatic carbocycles. The van der Waals surface area contributed by atoms with Crippen LogP contribution in [-0.4, -0.2) is 65.9 Å². The number of nitrogens with zero attached hydrogens (tertiary/aromatic N) is 4. The first kappa shape index (κ1) is 19.4. The van der Waals surface area contributed by atoms with Crippen LogP contribution in [0.15, 0.2) is 24.3 Å². The van der Waals surface area contributed by atoms with Crippen LogP contribution >= 0.6 is 0 Å². The summed E-state index contributed by atoms with van der Waals surface area (Å²) in [5.74, 6) is 0.643. The van der Waals surface area contributed by atoms with Gasteiger partial charge in [0, 0.05) is 32.2 Å². The summed E-state index contributed by atoms with van der Waals surface area (Å²) in [6.07, 6.45) is 6.99. The number of carbonyl (C=O) groups excluding carboxylic acids is 1. The molecule has 3 aliphatic heterocycles. The van der Waals surface area contributed by atoms with E-state index < -0.39 is 0 Å². The van der Waals surface area contributed by atoms with Gasteiger partial charge < -0.3 is 4.90 Å². The first-order valence-corrected chi connectivity index (χ1v) is 11.0. The molecule has 4 rings (SSSR count). The van der Waals surface area contributed by atoms with Gasteiger partial charge in [-0.25, -0.2) is 0 Å². The van der Waals surface area contributed by atoms with Crippen LogP contribution in [0, 0.1) is 17.2 Å². The number of nitriles is 1. The Balaban J connectivity index is 1.26. The van der Waals surface area contributed by atoms with Crippen molar-refractivity contribution in [1.82, 2.24) is 14.7 Å². The van der Waals surface area contributed by atoms with E-state index in [-0.39, 0.29) is 5.92 Å². The number of benzene rings is 1. The van der Waals surface area contributed by atoms with Crippen molar-refractivity contribution in [3.05, 3.63) is 35.4 Å². The molecule has 28 heavy (non-hydrogen) atoms. The topological polar surface area (TPSA) is 50.6 Å². The van der Waals surface area contributed by atoms with Crippen molar-refractivity contribution in [3.8, 4) is 6.07 Å². The van der Waals surface area contributed by atoms with Crippen LogP contribution in [0.25, 0.3) is 0 Å². The second kappa shape index (κ2) is 9.07. The molecule has 1 aromatic rings. The summed E-state index contributed by atoms with van der Waals surface area (Å²) in [6, 6.07) is 10.8. The van der Waals surface area contributed by atoms with Gasteiger partial charge in [-0.1, -0.05) is 12.1 Å². The van der Waals surface area contributed by atoms with Crippen molar-refractivity contribution < 1.29 is 4.79 Å². The fraction of sp³-hybridized carbons (Fsp3) is 0.652. The Bertz CT molecular complexity index is 696. The minimum atomic E-state index is 0.225. The van der Waals surface area contributed by atoms with Crippen molar-refractivity contribution >= 4 is 5.91 Å². The molecule has 0 spiro atoms. The van der Waals surface area contributed by atoms with Crippen LogP contribution in [0.5, 0.6) is 0 Å². The molecule has 1 atom stereocenters. The van der Waals surface area contributed by atoms with Gasteiger partial charge in [0.05, 0.1) is 17.6 Å². The lowest BCUT2D eigenvalue weighted by molar-refractivity contribution is -0.136. The predicted molar refractivity (Wildman–Crippen MR) is 110 cm³/mol. The number of hydrogen-bond donors (Lipinski definition) is 0. The van der Waals surface area contributed by atoms with E-state index in [1.54, 1.807) is 0 Å². The number of carbonyl (C=O) groups is 1. The Morgan fingerprint density at radius 3 is 2.36 bits per heavy atom. The third-order valence-corrected chi connectivity index (χ3v) is 6.78. The van der Waals surface area contributed by atoms with Crippen molar-refractivity contribution in [2.75, 3.05) is 39.3 Å². The Kier molecular flexibility index (Phi) is 6.29. The standard InChI is InChI=1S/C23H32N4O/c24-16-19-5-7-20(8-6-19)17-25-14-9-22(10-15-25)27-13-3-4-21(18-27)23(28)26-11-1-2-12-26/h5-8,21-22H,1-4,9-15,17-18H2. The quantitative estimate of drug-likeness (QED) is 0.806. The molecule has 150 valence electrons. The Hall–Kier alpha value is -1.90. The lowest BCUT2D eigenvalue weighted by Crippen LogP contribution is -2.51. The summed E-state index contributed by atoms with van der Waals surface area (Å²) in [6.45, 7) is 7.28. The molecule has 1 amide bonds. The number of amides is 1. The molecule has 0 aliphatic carbocycles. The number of rotatable bonds is 4. The second-order valence-corrected chi connectivity index (χ2v) is 8.68. The fourth-order valence-corrected chi connectivity index (χ4v) is 5.12. The molecule has 3 fully saturated rings. The maximum absolute atomic E-state index is 12.8. The predicted octanol–water partition coefficient (Wildman–Crippen LogP) is 2.86. The zero-order valence-corrected chi connectivity index (χ0v) is 16.9. The summed E-state index contributed by atoms with van der Waals surface area (Å²) in [4.78, 5) is 20.0. The van der Waals surface area contributed by atoms with Crippen LogP contribution < -0.4 is 0 Å². The molecule has 0 aromatic heterocycles. The summed E-state index contributed by atoms with van der Waals surface area (Å²) >= 11 is 0. The van der Waals surface area contributed by atoms with Gasteiger partial charge in [0.25, 0.3) is 0 Å². The minimum absolute atomic E-state index is 0.225. The highest BCUT2D eigenvalue weighted by molar-refractivity contribution is 5.79. The first-order valence-electron chi connectivity index (χ1n) is 11.0. The van der Waals surface area contributed by atoms with Crippen LogP contribution in [0.3, 0.4) is 0 Å². The van der Waals surface area contributed by atoms with E-state index in [1.807, 2.05) is 12.1 Å². The maximum atomic E-state index is 12.8. The molecule has 3 heterocycles. The van der Waals surface area contributed by atoms with Crippen molar-refractivity contribution in [2.24, 2.45) is 5.92 Å². The van der Waals surface area contributed by atoms with Crippen LogP contribution in [0.4, 0.5) is 0 Å². The van der Waals surface area contributed by atoms with Gasteiger partial charge in [0.15, 0.2) is 0 Å². The van der Waals surface area contributed by atoms with Crippen LogP contribution in [0.2, 0.25) is 0 Å². The smallest absolute Gasteiger partial charge is 0.226 e. The Morgan fingerprint density at radius 1 is 0.964 bits per heavy atom. The van der Waals surface area contributed by atoms with E-state index in [0.29, 0.717) is 11.9 Å². The van der Waals surface area contributed by atoms with Gasteiger partial charge in [-0.2, -0.15) is 5.26 Å². The third kappa shape index (κ3) is 4.56. The molecule has 1 unspecified atom stereocenters. The molecule has 0 saturated carbocycles. The zero-order valence-electron chi connectivity index (χ0n) is 16.9. The average Bonchev–Trinajstić information content (AvgIpc) is 3.29. The molecule has 3 aliphatic rings. The molecule has 5 nitrogen and oxygen atoms in total. The molecular weight excluding hydrogens is 348 g/mol. The van der Waals surface area contributed by atoms with Gasteiger partial charge in [-0.15, -0.1) is 0 Å². The molecule has 0 N–H and O–H groups in total. The van der Waals surface area contributed by atoms with E-state index in [0.717, 1.165) is 64.2 Å². The zero-order chi connectivity index (χ0) is 19.3. The third-order valence-electron chi connectivity index (χ3n) is 6.78. The SMILES string of the molecule is N#Cc1ccc(CN2CCC(N3CCCC(C(=O)N4CCCC4)C3)CC2)cc1. The van der Waals surface area contributed by atoms with E-state index in [2.05, 4.69) is 32.9 Å². The lowest BCUT2D eigenvalue weighted by atomic mass is 9.93. The van der Waals surface area contributed by atoms with E-state index in [1.165, 1.54) is 31.2 Å². The fourth-order valence-electron chi connectivity index (χ4n) is 5.12. The van der Waals surface area contributed by atoms with Gasteiger partial charge in [-0.3, -0.25) is 14.6 Å². The molecule has 0 radical (unpaired) electrons. The van der Waals surface area contributed by atoms with E-state index >= 15 is 0 Å². The molecule has 3 saturated heterocycles. The van der Waals surface area contributed by atoms with Crippen molar-refractivity contribution in [3.63, 3.8) is 0 Å². The number of hydrogen-bond acceptors (Lipinski definition) is 4. The molecule has 0 bridgehead atoms. The largest absolute Gasteiger partial charge is 0.342 e. The highest BCUT2D eigenvalue weighted by Crippen LogP contribution is 2.26. The monoisotopic (exact) mass is 380 g/mol. The van der Waals surface area contributed by atoms with E-state index in [9.17, 15) is 4.79 Å². The molecule has 5 heteroatoms. The second-order valence-electron chi connectivity index (χ2n) is 8.68.